The van der Waals surface area contributed by atoms with Crippen LogP contribution in [0.25, 0.3) is 0 Å². The van der Waals surface area contributed by atoms with Crippen molar-refractivity contribution in [3.8, 4) is 0 Å². The lowest BCUT2D eigenvalue weighted by molar-refractivity contribution is -0.113. The summed E-state index contributed by atoms with van der Waals surface area (Å²) in [7, 11) is -1.44. The van der Waals surface area contributed by atoms with Crippen molar-refractivity contribution in [1.82, 2.24) is 0 Å². The first-order valence-electron chi connectivity index (χ1n) is 5.84. The number of benzene rings is 2. The Morgan fingerprint density at radius 2 is 1.95 bits per heavy atom. The molecular weight excluding hydrogens is 296 g/mol. The quantitative estimate of drug-likeness (QED) is 0.853. The highest BCUT2D eigenvalue weighted by atomic mass is 35.5. The second-order valence-corrected chi connectivity index (χ2v) is 5.97. The molecule has 0 aliphatic rings. The number of anilines is 2. The van der Waals surface area contributed by atoms with Crippen molar-refractivity contribution in [3.63, 3.8) is 0 Å². The summed E-state index contributed by atoms with van der Waals surface area (Å²) in [6.45, 7) is 0. The van der Waals surface area contributed by atoms with Crippen molar-refractivity contribution in [2.75, 3.05) is 16.8 Å². The molecule has 1 unspecified atom stereocenters. The standard InChI is InChI=1S/C14H13ClN2O2S/c15-10-4-3-5-11(8-10)20(19)9-14(18)17-13-7-2-1-6-12(13)16/h1-8H,9,16H2,(H,17,18). The van der Waals surface area contributed by atoms with Crippen LogP contribution in [0.15, 0.2) is 53.4 Å². The average molecular weight is 309 g/mol. The van der Waals surface area contributed by atoms with E-state index in [4.69, 9.17) is 17.3 Å². The highest BCUT2D eigenvalue weighted by Gasteiger charge is 2.11. The number of hydrogen-bond donors (Lipinski definition) is 2. The maximum atomic E-state index is 12.0. The topological polar surface area (TPSA) is 72.2 Å². The Bertz CT molecular complexity index is 661. The van der Waals surface area contributed by atoms with Crippen LogP contribution in [0.5, 0.6) is 0 Å². The van der Waals surface area contributed by atoms with Gasteiger partial charge < -0.3 is 11.1 Å². The van der Waals surface area contributed by atoms with Crippen LogP contribution >= 0.6 is 11.6 Å². The van der Waals surface area contributed by atoms with Gasteiger partial charge in [-0.3, -0.25) is 9.00 Å². The Morgan fingerprint density at radius 3 is 2.65 bits per heavy atom. The van der Waals surface area contributed by atoms with Crippen LogP contribution in [-0.4, -0.2) is 15.9 Å². The maximum absolute atomic E-state index is 12.0. The number of halogens is 1. The lowest BCUT2D eigenvalue weighted by Crippen LogP contribution is -2.20. The number of nitrogen functional groups attached to an aromatic ring is 1. The van der Waals surface area contributed by atoms with Gasteiger partial charge in [0.2, 0.25) is 5.91 Å². The van der Waals surface area contributed by atoms with Gasteiger partial charge >= 0.3 is 0 Å². The van der Waals surface area contributed by atoms with Crippen LogP contribution < -0.4 is 11.1 Å². The van der Waals surface area contributed by atoms with Gasteiger partial charge in [-0.2, -0.15) is 0 Å². The molecule has 0 radical (unpaired) electrons. The van der Waals surface area contributed by atoms with E-state index in [1.165, 1.54) is 0 Å². The third-order valence-corrected chi connectivity index (χ3v) is 4.10. The number of carbonyl (C=O) groups excluding carboxylic acids is 1. The van der Waals surface area contributed by atoms with E-state index >= 15 is 0 Å². The van der Waals surface area contributed by atoms with Crippen molar-refractivity contribution in [3.05, 3.63) is 53.6 Å². The van der Waals surface area contributed by atoms with Crippen LogP contribution in [0, 0.1) is 0 Å². The van der Waals surface area contributed by atoms with Crippen LogP contribution in [0.4, 0.5) is 11.4 Å². The van der Waals surface area contributed by atoms with Gasteiger partial charge in [0.15, 0.2) is 0 Å². The van der Waals surface area contributed by atoms with E-state index in [0.29, 0.717) is 21.3 Å². The highest BCUT2D eigenvalue weighted by molar-refractivity contribution is 7.85. The van der Waals surface area contributed by atoms with Crippen LogP contribution in [-0.2, 0) is 15.6 Å². The Kier molecular flexibility index (Phi) is 4.76. The first-order chi connectivity index (χ1) is 9.56. The molecule has 0 aromatic heterocycles. The van der Waals surface area contributed by atoms with Gasteiger partial charge in [-0.05, 0) is 30.3 Å². The third-order valence-electron chi connectivity index (χ3n) is 2.56. The molecule has 1 atom stereocenters. The summed E-state index contributed by atoms with van der Waals surface area (Å²) in [6, 6.07) is 13.6. The molecule has 1 amide bonds. The minimum atomic E-state index is -1.44. The smallest absolute Gasteiger partial charge is 0.237 e. The molecule has 0 aliphatic carbocycles. The predicted molar refractivity (Wildman–Crippen MR) is 82.2 cm³/mol. The van der Waals surface area contributed by atoms with E-state index in [9.17, 15) is 9.00 Å². The normalized spacial score (nSPS) is 11.8. The molecular formula is C14H13ClN2O2S. The van der Waals surface area contributed by atoms with Gasteiger partial charge in [0.05, 0.1) is 22.2 Å². The first-order valence-corrected chi connectivity index (χ1v) is 7.54. The molecule has 2 aromatic rings. The minimum Gasteiger partial charge on any atom is -0.397 e. The van der Waals surface area contributed by atoms with E-state index in [1.54, 1.807) is 48.5 Å². The summed E-state index contributed by atoms with van der Waals surface area (Å²) in [5.41, 5.74) is 6.70. The Labute approximate surface area is 124 Å². The van der Waals surface area contributed by atoms with Crippen molar-refractivity contribution < 1.29 is 9.00 Å². The fraction of sp³-hybridized carbons (Fsp3) is 0.0714. The lowest BCUT2D eigenvalue weighted by Gasteiger charge is -2.07. The zero-order valence-corrected chi connectivity index (χ0v) is 12.1. The molecule has 20 heavy (non-hydrogen) atoms. The monoisotopic (exact) mass is 308 g/mol. The molecule has 0 bridgehead atoms. The second kappa shape index (κ2) is 6.54. The zero-order chi connectivity index (χ0) is 14.5. The van der Waals surface area contributed by atoms with Gasteiger partial charge in [-0.25, -0.2) is 0 Å². The molecule has 0 spiro atoms. The molecule has 2 aromatic carbocycles. The number of hydrogen-bond acceptors (Lipinski definition) is 3. The molecule has 0 saturated carbocycles. The van der Waals surface area contributed by atoms with Gasteiger partial charge in [-0.1, -0.05) is 29.8 Å². The summed E-state index contributed by atoms with van der Waals surface area (Å²) < 4.78 is 12.0. The Morgan fingerprint density at radius 1 is 1.20 bits per heavy atom. The first kappa shape index (κ1) is 14.6. The van der Waals surface area contributed by atoms with Gasteiger partial charge in [0.1, 0.15) is 5.75 Å². The zero-order valence-electron chi connectivity index (χ0n) is 10.5. The number of carbonyl (C=O) groups is 1. The molecule has 0 aliphatic heterocycles. The molecule has 4 nitrogen and oxygen atoms in total. The van der Waals surface area contributed by atoms with E-state index in [2.05, 4.69) is 5.32 Å². The maximum Gasteiger partial charge on any atom is 0.237 e. The molecule has 104 valence electrons. The van der Waals surface area contributed by atoms with Crippen LogP contribution in [0.3, 0.4) is 0 Å². The summed E-state index contributed by atoms with van der Waals surface area (Å²) in [6.07, 6.45) is 0. The van der Waals surface area contributed by atoms with Crippen molar-refractivity contribution in [1.29, 1.82) is 0 Å². The molecule has 3 N–H and O–H groups in total. The number of nitrogens with two attached hydrogens (primary N) is 1. The SMILES string of the molecule is Nc1ccccc1NC(=O)CS(=O)c1cccc(Cl)c1. The number of para-hydroxylation sites is 2. The number of rotatable bonds is 4. The highest BCUT2D eigenvalue weighted by Crippen LogP contribution is 2.17. The van der Waals surface area contributed by atoms with E-state index < -0.39 is 10.8 Å². The molecule has 0 fully saturated rings. The van der Waals surface area contributed by atoms with E-state index in [-0.39, 0.29) is 11.7 Å². The largest absolute Gasteiger partial charge is 0.397 e. The van der Waals surface area contributed by atoms with Crippen LogP contribution in [0.1, 0.15) is 0 Å². The predicted octanol–water partition coefficient (Wildman–Crippen LogP) is 2.67. The summed E-state index contributed by atoms with van der Waals surface area (Å²) in [4.78, 5) is 12.4. The number of amides is 1. The molecule has 2 rings (SSSR count). The van der Waals surface area contributed by atoms with Crippen molar-refractivity contribution in [2.45, 2.75) is 4.90 Å². The lowest BCUT2D eigenvalue weighted by atomic mass is 10.3. The second-order valence-electron chi connectivity index (χ2n) is 4.08. The number of nitrogens with one attached hydrogen (secondary N) is 1. The van der Waals surface area contributed by atoms with E-state index in [1.807, 2.05) is 0 Å². The Balaban J connectivity index is 2.02. The van der Waals surface area contributed by atoms with Gasteiger partial charge in [-0.15, -0.1) is 0 Å². The summed E-state index contributed by atoms with van der Waals surface area (Å²) >= 11 is 5.82. The molecule has 0 heterocycles. The average Bonchev–Trinajstić information content (AvgIpc) is 2.41. The van der Waals surface area contributed by atoms with E-state index in [0.717, 1.165) is 0 Å². The summed E-state index contributed by atoms with van der Waals surface area (Å²) in [5.74, 6) is -0.504. The molecule has 0 saturated heterocycles. The van der Waals surface area contributed by atoms with Gasteiger partial charge in [0.25, 0.3) is 0 Å². The fourth-order valence-electron chi connectivity index (χ4n) is 1.61. The van der Waals surface area contributed by atoms with Gasteiger partial charge in [0, 0.05) is 9.92 Å². The van der Waals surface area contributed by atoms with Crippen LogP contribution in [0.2, 0.25) is 5.02 Å². The summed E-state index contributed by atoms with van der Waals surface area (Å²) in [5, 5.41) is 3.12. The van der Waals surface area contributed by atoms with Crippen molar-refractivity contribution >= 4 is 39.7 Å². The Hall–Kier alpha value is -1.85. The molecule has 6 heteroatoms. The fourth-order valence-corrected chi connectivity index (χ4v) is 2.83. The minimum absolute atomic E-state index is 0.144. The van der Waals surface area contributed by atoms with Crippen molar-refractivity contribution in [2.24, 2.45) is 0 Å². The third kappa shape index (κ3) is 3.82.